The van der Waals surface area contributed by atoms with Crippen LogP contribution in [0, 0.1) is 0 Å². The summed E-state index contributed by atoms with van der Waals surface area (Å²) in [4.78, 5) is 10.1. The van der Waals surface area contributed by atoms with Crippen LogP contribution in [0.25, 0.3) is 0 Å². The van der Waals surface area contributed by atoms with Crippen molar-refractivity contribution in [1.29, 1.82) is 0 Å². The van der Waals surface area contributed by atoms with E-state index in [0.29, 0.717) is 6.29 Å². The lowest BCUT2D eigenvalue weighted by molar-refractivity contribution is -0.108. The summed E-state index contributed by atoms with van der Waals surface area (Å²) in [6, 6.07) is 0. The van der Waals surface area contributed by atoms with E-state index in [2.05, 4.69) is 0 Å². The molecule has 0 spiro atoms. The van der Waals surface area contributed by atoms with E-state index < -0.39 is 8.13 Å². The molecule has 0 saturated carbocycles. The molecule has 0 aromatic carbocycles. The van der Waals surface area contributed by atoms with E-state index in [9.17, 15) is 4.79 Å². The molecule has 0 aliphatic carbocycles. The summed E-state index contributed by atoms with van der Waals surface area (Å²) in [5, 5.41) is 0. The Balaban J connectivity index is 4.01. The molecule has 0 amide bonds. The largest absolute Gasteiger partial charge is 0.300 e. The Bertz CT molecular complexity index is 126. The van der Waals surface area contributed by atoms with Gasteiger partial charge in [-0.05, 0) is 0 Å². The topological polar surface area (TPSA) is 17.1 Å². The number of alkyl halides is 5. The third-order valence-electron chi connectivity index (χ3n) is 0.609. The van der Waals surface area contributed by atoms with Gasteiger partial charge in [-0.15, -0.1) is 0 Å². The molecule has 0 heterocycles. The van der Waals surface area contributed by atoms with Crippen LogP contribution >= 0.6 is 58.0 Å². The van der Waals surface area contributed by atoms with Gasteiger partial charge >= 0.3 is 0 Å². The van der Waals surface area contributed by atoms with Gasteiger partial charge in [-0.3, -0.25) is 0 Å². The van der Waals surface area contributed by atoms with E-state index in [1.165, 1.54) is 0 Å². The Hall–Kier alpha value is 1.12. The standard InChI is InChI=1S/C4H3Cl5O/c5-3(6,2-10)1-4(7,8)9/h2H,1H2. The van der Waals surface area contributed by atoms with E-state index in [-0.39, 0.29) is 6.42 Å². The maximum atomic E-state index is 10.1. The average Bonchev–Trinajstić information content (AvgIpc) is 1.60. The van der Waals surface area contributed by atoms with Crippen LogP contribution in [0.15, 0.2) is 0 Å². The summed E-state index contributed by atoms with van der Waals surface area (Å²) in [7, 11) is 0. The van der Waals surface area contributed by atoms with Crippen molar-refractivity contribution in [2.75, 3.05) is 0 Å². The molecule has 0 saturated heterocycles. The van der Waals surface area contributed by atoms with Gasteiger partial charge in [-0.25, -0.2) is 0 Å². The molecule has 0 unspecified atom stereocenters. The Morgan fingerprint density at radius 1 is 1.10 bits per heavy atom. The minimum absolute atomic E-state index is 0.225. The molecule has 0 aromatic heterocycles. The molecule has 6 heteroatoms. The first kappa shape index (κ1) is 11.1. The van der Waals surface area contributed by atoms with Gasteiger partial charge in [0.2, 0.25) is 0 Å². The van der Waals surface area contributed by atoms with E-state index in [4.69, 9.17) is 58.0 Å². The van der Waals surface area contributed by atoms with Crippen molar-refractivity contribution < 1.29 is 4.79 Å². The van der Waals surface area contributed by atoms with Gasteiger partial charge in [0.1, 0.15) is 0 Å². The number of hydrogen-bond acceptors (Lipinski definition) is 1. The molecule has 0 aliphatic heterocycles. The van der Waals surface area contributed by atoms with E-state index in [1.54, 1.807) is 0 Å². The first-order valence-corrected chi connectivity index (χ1v) is 4.07. The summed E-state index contributed by atoms with van der Waals surface area (Å²) in [5.41, 5.74) is 0. The molecule has 60 valence electrons. The third-order valence-corrected chi connectivity index (χ3v) is 1.45. The highest BCUT2D eigenvalue weighted by atomic mass is 35.6. The summed E-state index contributed by atoms with van der Waals surface area (Å²) in [6.45, 7) is 0. The van der Waals surface area contributed by atoms with Crippen molar-refractivity contribution in [3.8, 4) is 0 Å². The van der Waals surface area contributed by atoms with Crippen molar-refractivity contribution in [1.82, 2.24) is 0 Å². The third kappa shape index (κ3) is 5.87. The van der Waals surface area contributed by atoms with Gasteiger partial charge < -0.3 is 4.79 Å². The number of aldehydes is 1. The van der Waals surface area contributed by atoms with Crippen molar-refractivity contribution >= 4 is 64.3 Å². The number of rotatable bonds is 2. The monoisotopic (exact) mass is 242 g/mol. The van der Waals surface area contributed by atoms with Crippen molar-refractivity contribution in [3.05, 3.63) is 0 Å². The van der Waals surface area contributed by atoms with Gasteiger partial charge in [-0.2, -0.15) is 0 Å². The van der Waals surface area contributed by atoms with Gasteiger partial charge in [0, 0.05) is 6.42 Å². The maximum Gasteiger partial charge on any atom is 0.193 e. The molecular weight excluding hydrogens is 241 g/mol. The van der Waals surface area contributed by atoms with E-state index >= 15 is 0 Å². The van der Waals surface area contributed by atoms with Crippen molar-refractivity contribution in [2.45, 2.75) is 14.5 Å². The van der Waals surface area contributed by atoms with Gasteiger partial charge in [0.25, 0.3) is 0 Å². The second kappa shape index (κ2) is 3.68. The zero-order chi connectivity index (χ0) is 8.41. The second-order valence-electron chi connectivity index (χ2n) is 1.67. The van der Waals surface area contributed by atoms with Crippen LogP contribution in [0.3, 0.4) is 0 Å². The van der Waals surface area contributed by atoms with Gasteiger partial charge in [-0.1, -0.05) is 58.0 Å². The number of halogens is 5. The molecule has 0 aliphatic rings. The highest BCUT2D eigenvalue weighted by Crippen LogP contribution is 2.39. The molecule has 0 radical (unpaired) electrons. The van der Waals surface area contributed by atoms with Crippen LogP contribution in [0.2, 0.25) is 0 Å². The quantitative estimate of drug-likeness (QED) is 0.539. The highest BCUT2D eigenvalue weighted by Gasteiger charge is 2.34. The zero-order valence-corrected chi connectivity index (χ0v) is 8.36. The van der Waals surface area contributed by atoms with Crippen molar-refractivity contribution in [3.63, 3.8) is 0 Å². The predicted molar refractivity (Wildman–Crippen MR) is 45.4 cm³/mol. The fraction of sp³-hybridized carbons (Fsp3) is 0.750. The highest BCUT2D eigenvalue weighted by molar-refractivity contribution is 6.69. The Morgan fingerprint density at radius 2 is 1.50 bits per heavy atom. The Kier molecular flexibility index (Phi) is 4.09. The first-order chi connectivity index (χ1) is 4.27. The van der Waals surface area contributed by atoms with Crippen LogP contribution < -0.4 is 0 Å². The van der Waals surface area contributed by atoms with E-state index in [0.717, 1.165) is 0 Å². The Morgan fingerprint density at radius 3 is 1.60 bits per heavy atom. The van der Waals surface area contributed by atoms with Crippen molar-refractivity contribution in [2.24, 2.45) is 0 Å². The smallest absolute Gasteiger partial charge is 0.193 e. The fourth-order valence-corrected chi connectivity index (χ4v) is 1.75. The molecule has 0 aromatic rings. The second-order valence-corrected chi connectivity index (χ2v) is 5.73. The summed E-state index contributed by atoms with van der Waals surface area (Å²) in [6.07, 6.45) is 0.0925. The average molecular weight is 244 g/mol. The lowest BCUT2D eigenvalue weighted by Crippen LogP contribution is -2.22. The molecule has 0 fully saturated rings. The summed E-state index contributed by atoms with van der Waals surface area (Å²) in [5.74, 6) is 0. The number of hydrogen-bond donors (Lipinski definition) is 0. The van der Waals surface area contributed by atoms with Gasteiger partial charge in [0.15, 0.2) is 14.4 Å². The van der Waals surface area contributed by atoms with Crippen LogP contribution in [0.4, 0.5) is 0 Å². The fourth-order valence-electron chi connectivity index (χ4n) is 0.309. The molecular formula is C4H3Cl5O. The minimum atomic E-state index is -1.61. The number of carbonyl (C=O) groups is 1. The Labute approximate surface area is 83.5 Å². The lowest BCUT2D eigenvalue weighted by Gasteiger charge is -2.17. The molecule has 0 bridgehead atoms. The van der Waals surface area contributed by atoms with Crippen LogP contribution in [0.5, 0.6) is 0 Å². The van der Waals surface area contributed by atoms with Crippen LogP contribution in [-0.4, -0.2) is 14.4 Å². The SMILES string of the molecule is O=CC(Cl)(Cl)CC(Cl)(Cl)Cl. The van der Waals surface area contributed by atoms with Crippen LogP contribution in [0.1, 0.15) is 6.42 Å². The van der Waals surface area contributed by atoms with Crippen LogP contribution in [-0.2, 0) is 4.79 Å². The lowest BCUT2D eigenvalue weighted by atomic mass is 10.3. The summed E-state index contributed by atoms with van der Waals surface area (Å²) < 4.78 is -3.20. The first-order valence-electron chi connectivity index (χ1n) is 2.18. The molecule has 1 nitrogen and oxygen atoms in total. The molecule has 0 atom stereocenters. The minimum Gasteiger partial charge on any atom is -0.300 e. The maximum absolute atomic E-state index is 10.1. The van der Waals surface area contributed by atoms with E-state index in [1.807, 2.05) is 0 Å². The predicted octanol–water partition coefficient (Wildman–Crippen LogP) is 3.12. The zero-order valence-electron chi connectivity index (χ0n) is 4.58. The normalized spacial score (nSPS) is 13.3. The molecule has 0 rings (SSSR count). The van der Waals surface area contributed by atoms with Gasteiger partial charge in [0.05, 0.1) is 0 Å². The molecule has 10 heavy (non-hydrogen) atoms. The summed E-state index contributed by atoms with van der Waals surface area (Å²) >= 11 is 26.6. The molecule has 0 N–H and O–H groups in total. The number of carbonyl (C=O) groups excluding carboxylic acids is 1.